The Labute approximate surface area is 127 Å². The maximum atomic E-state index is 11.4. The highest BCUT2D eigenvalue weighted by atomic mass is 35.5. The van der Waals surface area contributed by atoms with Crippen LogP contribution in [-0.2, 0) is 4.79 Å². The molecule has 0 saturated carbocycles. The first-order valence-corrected chi connectivity index (χ1v) is 6.78. The molecule has 0 aliphatic rings. The van der Waals surface area contributed by atoms with Crippen molar-refractivity contribution in [1.82, 2.24) is 10.6 Å². The second-order valence-electron chi connectivity index (χ2n) is 4.74. The minimum Gasteiger partial charge on any atom is -0.491 e. The molecule has 0 atom stereocenters. The van der Waals surface area contributed by atoms with E-state index in [-0.39, 0.29) is 18.3 Å². The second-order valence-corrected chi connectivity index (χ2v) is 4.74. The summed E-state index contributed by atoms with van der Waals surface area (Å²) in [6.45, 7) is 6.01. The molecule has 0 aliphatic carbocycles. The van der Waals surface area contributed by atoms with Gasteiger partial charge < -0.3 is 15.4 Å². The van der Waals surface area contributed by atoms with Crippen LogP contribution < -0.4 is 15.4 Å². The summed E-state index contributed by atoms with van der Waals surface area (Å²) in [4.78, 5) is 11.4. The van der Waals surface area contributed by atoms with Crippen LogP contribution in [0.2, 0.25) is 0 Å². The maximum absolute atomic E-state index is 11.4. The van der Waals surface area contributed by atoms with Crippen molar-refractivity contribution in [2.24, 2.45) is 0 Å². The summed E-state index contributed by atoms with van der Waals surface area (Å²) < 4.78 is 5.72. The molecule has 0 aliphatic heterocycles. The SMILES string of the molecule is CNCCC(=O)NCCOc1ccccc1C(C)C.Cl. The monoisotopic (exact) mass is 300 g/mol. The summed E-state index contributed by atoms with van der Waals surface area (Å²) in [6, 6.07) is 8.03. The van der Waals surface area contributed by atoms with Gasteiger partial charge in [0.25, 0.3) is 0 Å². The van der Waals surface area contributed by atoms with Crippen LogP contribution in [0.3, 0.4) is 0 Å². The van der Waals surface area contributed by atoms with E-state index in [9.17, 15) is 4.79 Å². The second kappa shape index (κ2) is 10.5. The Kier molecular flexibility index (Phi) is 9.86. The molecule has 0 unspecified atom stereocenters. The molecule has 0 heterocycles. The van der Waals surface area contributed by atoms with E-state index in [1.165, 1.54) is 5.56 Å². The number of benzene rings is 1. The van der Waals surface area contributed by atoms with Crippen LogP contribution in [0, 0.1) is 0 Å². The lowest BCUT2D eigenvalue weighted by molar-refractivity contribution is -0.121. The van der Waals surface area contributed by atoms with Gasteiger partial charge in [-0.25, -0.2) is 0 Å². The number of carbonyl (C=O) groups is 1. The maximum Gasteiger partial charge on any atom is 0.221 e. The van der Waals surface area contributed by atoms with Crippen molar-refractivity contribution in [2.45, 2.75) is 26.2 Å². The molecule has 0 bridgehead atoms. The van der Waals surface area contributed by atoms with Crippen molar-refractivity contribution < 1.29 is 9.53 Å². The summed E-state index contributed by atoms with van der Waals surface area (Å²) in [6.07, 6.45) is 0.499. The third-order valence-corrected chi connectivity index (χ3v) is 2.82. The number of rotatable bonds is 8. The van der Waals surface area contributed by atoms with E-state index < -0.39 is 0 Å². The number of hydrogen-bond acceptors (Lipinski definition) is 3. The quantitative estimate of drug-likeness (QED) is 0.725. The molecule has 114 valence electrons. The van der Waals surface area contributed by atoms with Crippen molar-refractivity contribution in [3.63, 3.8) is 0 Å². The Morgan fingerprint density at radius 3 is 2.60 bits per heavy atom. The Morgan fingerprint density at radius 1 is 1.25 bits per heavy atom. The van der Waals surface area contributed by atoms with Gasteiger partial charge in [0, 0.05) is 13.0 Å². The zero-order valence-electron chi connectivity index (χ0n) is 12.4. The lowest BCUT2D eigenvalue weighted by atomic mass is 10.0. The number of ether oxygens (including phenoxy) is 1. The highest BCUT2D eigenvalue weighted by Gasteiger charge is 2.06. The van der Waals surface area contributed by atoms with Crippen molar-refractivity contribution in [3.8, 4) is 5.75 Å². The highest BCUT2D eigenvalue weighted by Crippen LogP contribution is 2.25. The fraction of sp³-hybridized carbons (Fsp3) is 0.533. The number of hydrogen-bond donors (Lipinski definition) is 2. The molecular formula is C15H25ClN2O2. The first kappa shape index (κ1) is 18.7. The average Bonchev–Trinajstić information content (AvgIpc) is 2.41. The minimum absolute atomic E-state index is 0. The third kappa shape index (κ3) is 6.78. The fourth-order valence-electron chi connectivity index (χ4n) is 1.77. The van der Waals surface area contributed by atoms with Gasteiger partial charge in [-0.15, -0.1) is 12.4 Å². The number of amides is 1. The fourth-order valence-corrected chi connectivity index (χ4v) is 1.77. The number of nitrogens with one attached hydrogen (secondary N) is 2. The highest BCUT2D eigenvalue weighted by molar-refractivity contribution is 5.85. The van der Waals surface area contributed by atoms with E-state index >= 15 is 0 Å². The average molecular weight is 301 g/mol. The van der Waals surface area contributed by atoms with E-state index in [0.29, 0.717) is 32.0 Å². The van der Waals surface area contributed by atoms with Crippen molar-refractivity contribution >= 4 is 18.3 Å². The number of carbonyl (C=O) groups excluding carboxylic acids is 1. The molecule has 0 aromatic heterocycles. The van der Waals surface area contributed by atoms with Crippen LogP contribution >= 0.6 is 12.4 Å². The summed E-state index contributed by atoms with van der Waals surface area (Å²) in [5.74, 6) is 1.39. The van der Waals surface area contributed by atoms with Crippen LogP contribution in [0.15, 0.2) is 24.3 Å². The Balaban J connectivity index is 0.00000361. The molecule has 2 N–H and O–H groups in total. The third-order valence-electron chi connectivity index (χ3n) is 2.82. The molecule has 0 radical (unpaired) electrons. The van der Waals surface area contributed by atoms with Gasteiger partial charge >= 0.3 is 0 Å². The lowest BCUT2D eigenvalue weighted by Crippen LogP contribution is -2.30. The first-order valence-electron chi connectivity index (χ1n) is 6.78. The minimum atomic E-state index is 0. The summed E-state index contributed by atoms with van der Waals surface area (Å²) >= 11 is 0. The molecule has 1 amide bonds. The van der Waals surface area contributed by atoms with Gasteiger partial charge in [-0.3, -0.25) is 4.79 Å². The van der Waals surface area contributed by atoms with Gasteiger partial charge in [0.05, 0.1) is 6.54 Å². The molecule has 1 rings (SSSR count). The van der Waals surface area contributed by atoms with Gasteiger partial charge in [-0.05, 0) is 24.6 Å². The van der Waals surface area contributed by atoms with Gasteiger partial charge in [-0.1, -0.05) is 32.0 Å². The van der Waals surface area contributed by atoms with E-state index in [1.807, 2.05) is 25.2 Å². The van der Waals surface area contributed by atoms with E-state index in [2.05, 4.69) is 30.5 Å². The van der Waals surface area contributed by atoms with Crippen molar-refractivity contribution in [2.75, 3.05) is 26.7 Å². The predicted octanol–water partition coefficient (Wildman–Crippen LogP) is 2.34. The standard InChI is InChI=1S/C15H24N2O2.ClH/c1-12(2)13-6-4-5-7-14(13)19-11-10-17-15(18)8-9-16-3;/h4-7,12,16H,8-11H2,1-3H3,(H,17,18);1H. The van der Waals surface area contributed by atoms with Gasteiger partial charge in [0.1, 0.15) is 12.4 Å². The topological polar surface area (TPSA) is 50.4 Å². The molecule has 0 fully saturated rings. The van der Waals surface area contributed by atoms with Crippen LogP contribution in [0.25, 0.3) is 0 Å². The predicted molar refractivity (Wildman–Crippen MR) is 84.8 cm³/mol. The zero-order valence-corrected chi connectivity index (χ0v) is 13.3. The molecule has 5 heteroatoms. The van der Waals surface area contributed by atoms with E-state index in [0.717, 1.165) is 5.75 Å². The molecule has 4 nitrogen and oxygen atoms in total. The summed E-state index contributed by atoms with van der Waals surface area (Å²) in [7, 11) is 1.83. The Hall–Kier alpha value is -1.26. The number of para-hydroxylation sites is 1. The van der Waals surface area contributed by atoms with Gasteiger partial charge in [0.15, 0.2) is 0 Å². The normalized spacial score (nSPS) is 10.0. The van der Waals surface area contributed by atoms with Crippen LogP contribution in [0.4, 0.5) is 0 Å². The Morgan fingerprint density at radius 2 is 1.95 bits per heavy atom. The summed E-state index contributed by atoms with van der Waals surface area (Å²) in [5, 5.41) is 5.78. The molecule has 1 aromatic carbocycles. The summed E-state index contributed by atoms with van der Waals surface area (Å²) in [5.41, 5.74) is 1.20. The largest absolute Gasteiger partial charge is 0.491 e. The molecule has 20 heavy (non-hydrogen) atoms. The van der Waals surface area contributed by atoms with Crippen molar-refractivity contribution in [3.05, 3.63) is 29.8 Å². The smallest absolute Gasteiger partial charge is 0.221 e. The van der Waals surface area contributed by atoms with E-state index in [4.69, 9.17) is 4.74 Å². The molecular weight excluding hydrogens is 276 g/mol. The lowest BCUT2D eigenvalue weighted by Gasteiger charge is -2.14. The Bertz CT molecular complexity index is 397. The van der Waals surface area contributed by atoms with Crippen LogP contribution in [0.5, 0.6) is 5.75 Å². The molecule has 0 saturated heterocycles. The molecule has 1 aromatic rings. The van der Waals surface area contributed by atoms with Crippen molar-refractivity contribution in [1.29, 1.82) is 0 Å². The van der Waals surface area contributed by atoms with Gasteiger partial charge in [-0.2, -0.15) is 0 Å². The van der Waals surface area contributed by atoms with Crippen LogP contribution in [0.1, 0.15) is 31.7 Å². The first-order chi connectivity index (χ1) is 9.15. The molecule has 0 spiro atoms. The van der Waals surface area contributed by atoms with Gasteiger partial charge in [0.2, 0.25) is 5.91 Å². The van der Waals surface area contributed by atoms with E-state index in [1.54, 1.807) is 0 Å². The van der Waals surface area contributed by atoms with Crippen LogP contribution in [-0.4, -0.2) is 32.7 Å². The zero-order chi connectivity index (χ0) is 14.1. The number of halogens is 1.